The molecular weight excluding hydrogens is 481 g/mol. The summed E-state index contributed by atoms with van der Waals surface area (Å²) in [5.74, 6) is 0.500. The maximum Gasteiger partial charge on any atom is 0.250 e. The fourth-order valence-corrected chi connectivity index (χ4v) is 4.99. The lowest BCUT2D eigenvalue weighted by Gasteiger charge is -2.06. The fourth-order valence-electron chi connectivity index (χ4n) is 2.83. The summed E-state index contributed by atoms with van der Waals surface area (Å²) in [7, 11) is 0. The number of rotatable bonds is 6. The highest BCUT2D eigenvalue weighted by Crippen LogP contribution is 2.23. The minimum atomic E-state index is -0.228. The van der Waals surface area contributed by atoms with Gasteiger partial charge in [-0.25, -0.2) is 0 Å². The van der Waals surface area contributed by atoms with Crippen molar-refractivity contribution in [2.75, 3.05) is 0 Å². The monoisotopic (exact) mass is 495 g/mol. The van der Waals surface area contributed by atoms with Gasteiger partial charge in [-0.15, -0.1) is 22.7 Å². The molecule has 11 heteroatoms. The van der Waals surface area contributed by atoms with Gasteiger partial charge in [-0.1, -0.05) is 35.3 Å². The molecule has 0 aliphatic heterocycles. The van der Waals surface area contributed by atoms with Crippen molar-refractivity contribution in [3.63, 3.8) is 0 Å². The predicted molar refractivity (Wildman–Crippen MR) is 124 cm³/mol. The number of halogens is 2. The number of aromatic nitrogens is 4. The number of nitrogens with zero attached hydrogens (tertiary/aromatic N) is 4. The Bertz CT molecular complexity index is 1300. The Morgan fingerprint density at radius 2 is 2.10 bits per heavy atom. The molecule has 0 bridgehead atoms. The summed E-state index contributed by atoms with van der Waals surface area (Å²) in [6.45, 7) is 0.903. The van der Waals surface area contributed by atoms with Gasteiger partial charge in [0, 0.05) is 34.6 Å². The Balaban J connectivity index is 1.50. The number of hydrogen-bond donors (Lipinski definition) is 1. The van der Waals surface area contributed by atoms with Gasteiger partial charge in [0.15, 0.2) is 15.4 Å². The summed E-state index contributed by atoms with van der Waals surface area (Å²) in [6, 6.07) is 9.28. The van der Waals surface area contributed by atoms with Gasteiger partial charge >= 0.3 is 0 Å². The van der Waals surface area contributed by atoms with Crippen LogP contribution < -0.4 is 4.80 Å². The number of H-pyrrole nitrogens is 1. The molecule has 0 unspecified atom stereocenters. The molecule has 1 amide bonds. The number of carbonyl (C=O) groups excluding carboxylic acids is 1. The van der Waals surface area contributed by atoms with Crippen molar-refractivity contribution in [1.82, 2.24) is 19.3 Å². The second-order valence-corrected chi connectivity index (χ2v) is 9.34. The minimum Gasteiger partial charge on any atom is -0.319 e. The first kappa shape index (κ1) is 21.2. The lowest BCUT2D eigenvalue weighted by Crippen LogP contribution is -2.17. The summed E-state index contributed by atoms with van der Waals surface area (Å²) in [6.07, 6.45) is 2.09. The van der Waals surface area contributed by atoms with Crippen molar-refractivity contribution in [2.24, 2.45) is 4.99 Å². The van der Waals surface area contributed by atoms with Gasteiger partial charge in [-0.2, -0.15) is 10.1 Å². The van der Waals surface area contributed by atoms with Crippen LogP contribution >= 0.6 is 58.1 Å². The second-order valence-electron chi connectivity index (χ2n) is 6.29. The molecule has 30 heavy (non-hydrogen) atoms. The van der Waals surface area contributed by atoms with Gasteiger partial charge in [-0.3, -0.25) is 14.5 Å². The van der Waals surface area contributed by atoms with E-state index in [1.54, 1.807) is 23.5 Å². The first-order chi connectivity index (χ1) is 14.5. The summed E-state index contributed by atoms with van der Waals surface area (Å²) < 4.78 is 4.19. The van der Waals surface area contributed by atoms with E-state index >= 15 is 0 Å². The number of aromatic amines is 1. The summed E-state index contributed by atoms with van der Waals surface area (Å²) in [5, 5.41) is 12.1. The van der Waals surface area contributed by atoms with E-state index in [9.17, 15) is 4.79 Å². The summed E-state index contributed by atoms with van der Waals surface area (Å²) in [4.78, 5) is 18.4. The van der Waals surface area contributed by atoms with Gasteiger partial charge < -0.3 is 4.57 Å². The molecule has 0 radical (unpaired) electrons. The lowest BCUT2D eigenvalue weighted by molar-refractivity contribution is -0.118. The zero-order chi connectivity index (χ0) is 21.1. The van der Waals surface area contributed by atoms with Crippen molar-refractivity contribution in [2.45, 2.75) is 19.5 Å². The van der Waals surface area contributed by atoms with Gasteiger partial charge in [0.05, 0.1) is 11.4 Å². The van der Waals surface area contributed by atoms with Crippen LogP contribution in [0.15, 0.2) is 52.3 Å². The normalized spacial score (nSPS) is 11.9. The van der Waals surface area contributed by atoms with Crippen molar-refractivity contribution in [3.8, 4) is 10.7 Å². The first-order valence-electron chi connectivity index (χ1n) is 8.86. The lowest BCUT2D eigenvalue weighted by atomic mass is 10.2. The molecule has 0 aliphatic carbocycles. The van der Waals surface area contributed by atoms with E-state index in [2.05, 4.69) is 15.2 Å². The number of benzene rings is 1. The zero-order valence-corrected chi connectivity index (χ0v) is 19.4. The van der Waals surface area contributed by atoms with E-state index in [1.165, 1.54) is 11.3 Å². The van der Waals surface area contributed by atoms with Gasteiger partial charge in [0.1, 0.15) is 0 Å². The number of carbonyl (C=O) groups is 1. The van der Waals surface area contributed by atoms with Crippen LogP contribution in [0.3, 0.4) is 0 Å². The van der Waals surface area contributed by atoms with Crippen LogP contribution in [0.1, 0.15) is 12.0 Å². The quantitative estimate of drug-likeness (QED) is 0.363. The van der Waals surface area contributed by atoms with E-state index < -0.39 is 0 Å². The van der Waals surface area contributed by atoms with Gasteiger partial charge in [0.25, 0.3) is 0 Å². The Hall–Kier alpha value is -2.04. The van der Waals surface area contributed by atoms with Gasteiger partial charge in [-0.05, 0) is 41.4 Å². The zero-order valence-electron chi connectivity index (χ0n) is 15.4. The number of thiophene rings is 1. The fraction of sp³-hybridized carbons (Fsp3) is 0.158. The molecule has 3 heterocycles. The van der Waals surface area contributed by atoms with E-state index in [1.807, 2.05) is 44.3 Å². The molecule has 0 spiro atoms. The minimum absolute atomic E-state index is 0.214. The number of thiazole rings is 1. The summed E-state index contributed by atoms with van der Waals surface area (Å²) in [5.41, 5.74) is 0.902. The van der Waals surface area contributed by atoms with Crippen LogP contribution in [0.2, 0.25) is 10.0 Å². The van der Waals surface area contributed by atoms with Crippen LogP contribution in [-0.2, 0) is 17.9 Å². The molecule has 0 fully saturated rings. The molecular formula is C19H15Cl2N5OS3. The molecule has 6 nitrogen and oxygen atoms in total. The Labute approximate surface area is 195 Å². The SMILES string of the molecule is O=C(CCn1c(-c2cccs2)n[nH]c1=S)N=c1sccn1Cc1ccc(Cl)cc1Cl. The standard InChI is InChI=1S/C19H15Cl2N5OS3/c20-13-4-3-12(14(21)10-13)11-25-7-9-30-19(25)22-16(27)5-6-26-17(23-24-18(26)28)15-2-1-8-29-15/h1-4,7-10H,5-6,11H2,(H,24,28). The van der Waals surface area contributed by atoms with Gasteiger partial charge in [0.2, 0.25) is 5.91 Å². The van der Waals surface area contributed by atoms with E-state index in [4.69, 9.17) is 35.4 Å². The van der Waals surface area contributed by atoms with Crippen LogP contribution in [0.25, 0.3) is 10.7 Å². The molecule has 154 valence electrons. The van der Waals surface area contributed by atoms with E-state index in [-0.39, 0.29) is 12.3 Å². The molecule has 0 saturated heterocycles. The first-order valence-corrected chi connectivity index (χ1v) is 11.8. The summed E-state index contributed by atoms with van der Waals surface area (Å²) >= 11 is 20.5. The van der Waals surface area contributed by atoms with Crippen LogP contribution in [0.5, 0.6) is 0 Å². The number of nitrogens with one attached hydrogen (secondary N) is 1. The topological polar surface area (TPSA) is 68.0 Å². The molecule has 4 rings (SSSR count). The maximum absolute atomic E-state index is 12.5. The molecule has 0 saturated carbocycles. The van der Waals surface area contributed by atoms with E-state index in [0.717, 1.165) is 16.3 Å². The molecule has 1 N–H and O–H groups in total. The largest absolute Gasteiger partial charge is 0.319 e. The predicted octanol–water partition coefficient (Wildman–Crippen LogP) is 5.40. The third-order valence-corrected chi connectivity index (χ3v) is 6.84. The average Bonchev–Trinajstić information content (AvgIpc) is 3.45. The van der Waals surface area contributed by atoms with Crippen molar-refractivity contribution in [3.05, 3.63) is 72.5 Å². The molecule has 4 aromatic rings. The highest BCUT2D eigenvalue weighted by atomic mass is 35.5. The molecule has 0 aliphatic rings. The smallest absolute Gasteiger partial charge is 0.250 e. The molecule has 3 aromatic heterocycles. The van der Waals surface area contributed by atoms with Crippen LogP contribution in [-0.4, -0.2) is 25.2 Å². The highest BCUT2D eigenvalue weighted by Gasteiger charge is 2.11. The van der Waals surface area contributed by atoms with Crippen molar-refractivity contribution in [1.29, 1.82) is 0 Å². The Kier molecular flexibility index (Phi) is 6.64. The Morgan fingerprint density at radius 3 is 2.87 bits per heavy atom. The maximum atomic E-state index is 12.5. The van der Waals surface area contributed by atoms with Crippen LogP contribution in [0.4, 0.5) is 0 Å². The molecule has 1 aromatic carbocycles. The average molecular weight is 496 g/mol. The van der Waals surface area contributed by atoms with Crippen LogP contribution in [0, 0.1) is 4.77 Å². The second kappa shape index (κ2) is 9.40. The highest BCUT2D eigenvalue weighted by molar-refractivity contribution is 7.71. The number of hydrogen-bond acceptors (Lipinski definition) is 5. The third-order valence-electron chi connectivity index (χ3n) is 4.29. The van der Waals surface area contributed by atoms with Crippen molar-refractivity contribution < 1.29 is 4.79 Å². The van der Waals surface area contributed by atoms with E-state index in [0.29, 0.717) is 32.7 Å². The number of amides is 1. The molecule has 0 atom stereocenters. The van der Waals surface area contributed by atoms with Crippen molar-refractivity contribution >= 4 is 64.0 Å². The third kappa shape index (κ3) is 4.81. The Morgan fingerprint density at radius 1 is 1.23 bits per heavy atom.